The second-order valence-corrected chi connectivity index (χ2v) is 9.88. The molecule has 3 aliphatic heterocycles. The Labute approximate surface area is 188 Å². The van der Waals surface area contributed by atoms with Gasteiger partial charge in [0.15, 0.2) is 5.82 Å². The Kier molecular flexibility index (Phi) is 4.53. The van der Waals surface area contributed by atoms with Gasteiger partial charge < -0.3 is 9.64 Å². The fraction of sp³-hybridized carbons (Fsp3) is 0.500. The SMILES string of the molecule is CC1OC2(CCN(c3nnc4n3-c3ccc(Cl)cc3CN(C)C4)CC2)C2C=CC=CC12. The highest BCUT2D eigenvalue weighted by Gasteiger charge is 2.53. The molecule has 3 atom stereocenters. The number of piperidine rings is 1. The number of hydrogen-bond acceptors (Lipinski definition) is 5. The second kappa shape index (κ2) is 7.19. The lowest BCUT2D eigenvalue weighted by molar-refractivity contribution is -0.0618. The molecule has 0 N–H and O–H groups in total. The molecule has 0 saturated carbocycles. The van der Waals surface area contributed by atoms with Crippen LogP contribution in [-0.4, -0.2) is 51.5 Å². The molecule has 0 radical (unpaired) electrons. The van der Waals surface area contributed by atoms with E-state index in [1.165, 1.54) is 5.56 Å². The van der Waals surface area contributed by atoms with Crippen LogP contribution in [0.1, 0.15) is 31.2 Å². The van der Waals surface area contributed by atoms with Crippen molar-refractivity contribution >= 4 is 17.5 Å². The van der Waals surface area contributed by atoms with Crippen LogP contribution in [0.5, 0.6) is 0 Å². The number of rotatable bonds is 1. The van der Waals surface area contributed by atoms with Crippen molar-refractivity contribution < 1.29 is 4.74 Å². The van der Waals surface area contributed by atoms with Crippen molar-refractivity contribution in [3.8, 4) is 5.69 Å². The Balaban J connectivity index is 1.31. The Morgan fingerprint density at radius 3 is 2.74 bits per heavy atom. The second-order valence-electron chi connectivity index (χ2n) is 9.44. The molecule has 2 saturated heterocycles. The Morgan fingerprint density at radius 2 is 1.90 bits per heavy atom. The molecule has 0 bridgehead atoms. The van der Waals surface area contributed by atoms with Crippen molar-refractivity contribution in [2.45, 2.75) is 44.6 Å². The first-order valence-corrected chi connectivity index (χ1v) is 11.6. The highest BCUT2D eigenvalue weighted by atomic mass is 35.5. The molecule has 162 valence electrons. The van der Waals surface area contributed by atoms with E-state index in [-0.39, 0.29) is 11.7 Å². The van der Waals surface area contributed by atoms with E-state index in [2.05, 4.69) is 75.0 Å². The molecule has 7 heteroatoms. The van der Waals surface area contributed by atoms with E-state index >= 15 is 0 Å². The number of aromatic nitrogens is 3. The van der Waals surface area contributed by atoms with E-state index in [0.29, 0.717) is 11.8 Å². The van der Waals surface area contributed by atoms with Crippen LogP contribution in [-0.2, 0) is 17.8 Å². The van der Waals surface area contributed by atoms with Gasteiger partial charge in [-0.25, -0.2) is 0 Å². The molecule has 2 fully saturated rings. The van der Waals surface area contributed by atoms with Gasteiger partial charge in [-0.2, -0.15) is 0 Å². The zero-order valence-corrected chi connectivity index (χ0v) is 18.8. The van der Waals surface area contributed by atoms with Gasteiger partial charge in [-0.3, -0.25) is 9.47 Å². The normalized spacial score (nSPS) is 29.0. The first-order chi connectivity index (χ1) is 15.0. The van der Waals surface area contributed by atoms with Crippen molar-refractivity contribution in [1.29, 1.82) is 0 Å². The highest BCUT2D eigenvalue weighted by molar-refractivity contribution is 6.30. The van der Waals surface area contributed by atoms with Crippen LogP contribution in [0.4, 0.5) is 5.95 Å². The largest absolute Gasteiger partial charge is 0.371 e. The summed E-state index contributed by atoms with van der Waals surface area (Å²) in [5.41, 5.74) is 2.28. The maximum absolute atomic E-state index is 6.63. The Bertz CT molecular complexity index is 1070. The summed E-state index contributed by atoms with van der Waals surface area (Å²) in [6.45, 7) is 5.67. The van der Waals surface area contributed by atoms with E-state index in [1.54, 1.807) is 0 Å². The van der Waals surface area contributed by atoms with E-state index in [1.807, 2.05) is 6.07 Å². The molecule has 1 aliphatic carbocycles. The highest BCUT2D eigenvalue weighted by Crippen LogP contribution is 2.49. The summed E-state index contributed by atoms with van der Waals surface area (Å²) in [7, 11) is 2.11. The van der Waals surface area contributed by atoms with Crippen molar-refractivity contribution in [2.24, 2.45) is 11.8 Å². The summed E-state index contributed by atoms with van der Waals surface area (Å²) in [6.07, 6.45) is 11.3. The Morgan fingerprint density at radius 1 is 1.10 bits per heavy atom. The number of nitrogens with zero attached hydrogens (tertiary/aromatic N) is 5. The minimum Gasteiger partial charge on any atom is -0.371 e. The first-order valence-electron chi connectivity index (χ1n) is 11.2. The van der Waals surface area contributed by atoms with Crippen molar-refractivity contribution in [3.05, 3.63) is 58.9 Å². The van der Waals surface area contributed by atoms with Gasteiger partial charge >= 0.3 is 0 Å². The standard InChI is InChI=1S/C24H28ClN5O/c1-16-19-5-3-4-6-20(19)24(31-16)9-11-29(12-10-24)23-27-26-22-15-28(2)14-17-13-18(25)7-8-21(17)30(22)23/h3-8,13,16,19-20H,9-12,14-15H2,1-2H3. The van der Waals surface area contributed by atoms with Gasteiger partial charge in [0.05, 0.1) is 23.9 Å². The molecule has 31 heavy (non-hydrogen) atoms. The van der Waals surface area contributed by atoms with Crippen LogP contribution < -0.4 is 4.90 Å². The third-order valence-corrected chi connectivity index (χ3v) is 7.72. The van der Waals surface area contributed by atoms with Gasteiger partial charge in [-0.15, -0.1) is 10.2 Å². The van der Waals surface area contributed by atoms with Crippen LogP contribution in [0.15, 0.2) is 42.5 Å². The van der Waals surface area contributed by atoms with Crippen LogP contribution >= 0.6 is 11.6 Å². The first kappa shape index (κ1) is 19.5. The smallest absolute Gasteiger partial charge is 0.231 e. The zero-order valence-electron chi connectivity index (χ0n) is 18.0. The number of halogens is 1. The van der Waals surface area contributed by atoms with Gasteiger partial charge in [0.1, 0.15) is 0 Å². The molecular formula is C24H28ClN5O. The summed E-state index contributed by atoms with van der Waals surface area (Å²) in [5.74, 6) is 2.88. The quantitative estimate of drug-likeness (QED) is 0.675. The average Bonchev–Trinajstić information content (AvgIpc) is 3.24. The third kappa shape index (κ3) is 3.07. The lowest BCUT2D eigenvalue weighted by Crippen LogP contribution is -2.48. The number of anilines is 1. The van der Waals surface area contributed by atoms with Crippen LogP contribution in [0.2, 0.25) is 5.02 Å². The topological polar surface area (TPSA) is 46.4 Å². The molecule has 1 spiro atoms. The van der Waals surface area contributed by atoms with Crippen molar-refractivity contribution in [1.82, 2.24) is 19.7 Å². The molecule has 4 heterocycles. The number of fused-ring (bicyclic) bond motifs is 5. The third-order valence-electron chi connectivity index (χ3n) is 7.49. The van der Waals surface area contributed by atoms with Crippen LogP contribution in [0.3, 0.4) is 0 Å². The predicted molar refractivity (Wildman–Crippen MR) is 122 cm³/mol. The average molecular weight is 438 g/mol. The van der Waals surface area contributed by atoms with Crippen LogP contribution in [0.25, 0.3) is 5.69 Å². The molecule has 6 rings (SSSR count). The van der Waals surface area contributed by atoms with E-state index < -0.39 is 0 Å². The van der Waals surface area contributed by atoms with Gasteiger partial charge in [0, 0.05) is 36.5 Å². The van der Waals surface area contributed by atoms with Gasteiger partial charge in [0.2, 0.25) is 5.95 Å². The molecule has 2 aromatic rings. The van der Waals surface area contributed by atoms with Gasteiger partial charge in [-0.05, 0) is 50.6 Å². The van der Waals surface area contributed by atoms with E-state index in [0.717, 1.165) is 61.5 Å². The number of benzene rings is 1. The van der Waals surface area contributed by atoms with Gasteiger partial charge in [0.25, 0.3) is 0 Å². The minimum absolute atomic E-state index is 0.0604. The molecule has 4 aliphatic rings. The summed E-state index contributed by atoms with van der Waals surface area (Å²) >= 11 is 6.31. The summed E-state index contributed by atoms with van der Waals surface area (Å²) in [4.78, 5) is 4.64. The fourth-order valence-electron chi connectivity index (χ4n) is 6.01. The number of ether oxygens (including phenoxy) is 1. The lowest BCUT2D eigenvalue weighted by Gasteiger charge is -2.42. The zero-order chi connectivity index (χ0) is 21.2. The summed E-state index contributed by atoms with van der Waals surface area (Å²) < 4.78 is 8.86. The van der Waals surface area contributed by atoms with E-state index in [4.69, 9.17) is 16.3 Å². The molecular weight excluding hydrogens is 410 g/mol. The molecule has 1 aromatic carbocycles. The maximum Gasteiger partial charge on any atom is 0.231 e. The summed E-state index contributed by atoms with van der Waals surface area (Å²) in [6, 6.07) is 6.12. The number of hydrogen-bond donors (Lipinski definition) is 0. The molecule has 3 unspecified atom stereocenters. The monoisotopic (exact) mass is 437 g/mol. The van der Waals surface area contributed by atoms with E-state index in [9.17, 15) is 0 Å². The van der Waals surface area contributed by atoms with Crippen LogP contribution in [0, 0.1) is 11.8 Å². The fourth-order valence-corrected chi connectivity index (χ4v) is 6.21. The lowest BCUT2D eigenvalue weighted by atomic mass is 9.73. The molecule has 1 aromatic heterocycles. The maximum atomic E-state index is 6.63. The van der Waals surface area contributed by atoms with Crippen molar-refractivity contribution in [2.75, 3.05) is 25.0 Å². The summed E-state index contributed by atoms with van der Waals surface area (Å²) in [5, 5.41) is 9.98. The van der Waals surface area contributed by atoms with Gasteiger partial charge in [-0.1, -0.05) is 35.9 Å². The molecule has 0 amide bonds. The Hall–Kier alpha value is -2.15. The van der Waals surface area contributed by atoms with Crippen molar-refractivity contribution in [3.63, 3.8) is 0 Å². The number of allylic oxidation sites excluding steroid dienone is 2. The predicted octanol–water partition coefficient (Wildman–Crippen LogP) is 3.98. The minimum atomic E-state index is -0.0604. The molecule has 6 nitrogen and oxygen atoms in total.